The Kier molecular flexibility index (Phi) is 4.86. The summed E-state index contributed by atoms with van der Waals surface area (Å²) in [6, 6.07) is 18.7. The molecule has 2 bridgehead atoms. The van der Waals surface area contributed by atoms with Gasteiger partial charge in [-0.1, -0.05) is 74.0 Å². The van der Waals surface area contributed by atoms with Crippen molar-refractivity contribution in [3.8, 4) is 5.75 Å². The SMILES string of the molecule is CC1=C[C@H](C)[C@H]2CO[C@H](c3ccccc3OCc3ccccc3)[C@H]1[C@@H]2C. The molecule has 1 heterocycles. The largest absolute Gasteiger partial charge is 0.489 e. The van der Waals surface area contributed by atoms with Gasteiger partial charge in [0.15, 0.2) is 0 Å². The molecule has 26 heavy (non-hydrogen) atoms. The van der Waals surface area contributed by atoms with E-state index in [4.69, 9.17) is 9.47 Å². The van der Waals surface area contributed by atoms with Gasteiger partial charge in [-0.05, 0) is 36.3 Å². The fourth-order valence-corrected chi connectivity index (χ4v) is 4.81. The van der Waals surface area contributed by atoms with Gasteiger partial charge in [0, 0.05) is 11.5 Å². The number of ether oxygens (including phenoxy) is 2. The third-order valence-corrected chi connectivity index (χ3v) is 6.23. The lowest BCUT2D eigenvalue weighted by atomic mass is 9.64. The smallest absolute Gasteiger partial charge is 0.125 e. The molecule has 0 amide bonds. The molecule has 1 fully saturated rings. The molecule has 0 aromatic heterocycles. The average molecular weight is 348 g/mol. The molecule has 1 aliphatic heterocycles. The predicted octanol–water partition coefficient (Wildman–Crippen LogP) is 5.80. The van der Waals surface area contributed by atoms with Crippen molar-refractivity contribution >= 4 is 0 Å². The van der Waals surface area contributed by atoms with Gasteiger partial charge in [0.1, 0.15) is 12.4 Å². The van der Waals surface area contributed by atoms with E-state index in [0.29, 0.717) is 30.3 Å². The van der Waals surface area contributed by atoms with Crippen LogP contribution in [0.1, 0.15) is 38.0 Å². The van der Waals surface area contributed by atoms with Crippen molar-refractivity contribution in [2.45, 2.75) is 33.5 Å². The summed E-state index contributed by atoms with van der Waals surface area (Å²) in [6.07, 6.45) is 2.54. The van der Waals surface area contributed by atoms with Crippen LogP contribution >= 0.6 is 0 Å². The lowest BCUT2D eigenvalue weighted by molar-refractivity contribution is -0.0942. The van der Waals surface area contributed by atoms with Crippen LogP contribution in [0.3, 0.4) is 0 Å². The number of rotatable bonds is 4. The second-order valence-electron chi connectivity index (χ2n) is 7.88. The van der Waals surface area contributed by atoms with E-state index >= 15 is 0 Å². The molecular formula is C24H28O2. The van der Waals surface area contributed by atoms with Gasteiger partial charge in [-0.25, -0.2) is 0 Å². The number of hydrogen-bond donors (Lipinski definition) is 0. The normalized spacial score (nSPS) is 30.6. The summed E-state index contributed by atoms with van der Waals surface area (Å²) in [7, 11) is 0. The Bertz CT molecular complexity index is 780. The van der Waals surface area contributed by atoms with E-state index in [1.165, 1.54) is 16.7 Å². The summed E-state index contributed by atoms with van der Waals surface area (Å²) < 4.78 is 12.6. The van der Waals surface area contributed by atoms with Crippen LogP contribution in [0.4, 0.5) is 0 Å². The summed E-state index contributed by atoms with van der Waals surface area (Å²) in [5, 5.41) is 0. The Morgan fingerprint density at radius 2 is 1.73 bits per heavy atom. The Labute approximate surface area is 156 Å². The van der Waals surface area contributed by atoms with Gasteiger partial charge < -0.3 is 9.47 Å². The third kappa shape index (κ3) is 3.19. The lowest BCUT2D eigenvalue weighted by Gasteiger charge is -2.47. The highest BCUT2D eigenvalue weighted by Gasteiger charge is 2.44. The molecule has 136 valence electrons. The van der Waals surface area contributed by atoms with Crippen molar-refractivity contribution < 1.29 is 9.47 Å². The van der Waals surface area contributed by atoms with Crippen molar-refractivity contribution in [1.29, 1.82) is 0 Å². The molecule has 2 aromatic rings. The Hall–Kier alpha value is -2.06. The first-order valence-electron chi connectivity index (χ1n) is 9.70. The van der Waals surface area contributed by atoms with Crippen molar-refractivity contribution in [1.82, 2.24) is 0 Å². The quantitative estimate of drug-likeness (QED) is 0.650. The van der Waals surface area contributed by atoms with E-state index in [1.807, 2.05) is 24.3 Å². The minimum atomic E-state index is 0.0805. The van der Waals surface area contributed by atoms with Crippen LogP contribution in [0.25, 0.3) is 0 Å². The minimum Gasteiger partial charge on any atom is -0.489 e. The highest BCUT2D eigenvalue weighted by Crippen LogP contribution is 2.51. The third-order valence-electron chi connectivity index (χ3n) is 6.23. The molecule has 4 rings (SSSR count). The summed E-state index contributed by atoms with van der Waals surface area (Å²) in [5.74, 6) is 3.24. The molecule has 5 atom stereocenters. The number of para-hydroxylation sites is 1. The van der Waals surface area contributed by atoms with Crippen molar-refractivity contribution in [2.24, 2.45) is 23.7 Å². The fourth-order valence-electron chi connectivity index (χ4n) is 4.81. The molecule has 2 nitrogen and oxygen atoms in total. The van der Waals surface area contributed by atoms with Gasteiger partial charge in [0.2, 0.25) is 0 Å². The van der Waals surface area contributed by atoms with Gasteiger partial charge in [0.05, 0.1) is 12.7 Å². The number of hydrogen-bond acceptors (Lipinski definition) is 2. The summed E-state index contributed by atoms with van der Waals surface area (Å²) in [6.45, 7) is 8.40. The molecule has 2 aromatic carbocycles. The molecule has 1 saturated heterocycles. The van der Waals surface area contributed by atoms with Crippen molar-refractivity contribution in [3.05, 3.63) is 77.4 Å². The van der Waals surface area contributed by atoms with Gasteiger partial charge in [-0.3, -0.25) is 0 Å². The fraction of sp³-hybridized carbons (Fsp3) is 0.417. The second-order valence-corrected chi connectivity index (χ2v) is 7.88. The standard InChI is InChI=1S/C24H28O2/c1-16-13-17(2)23-18(3)21(16)15-26-24(23)20-11-7-8-12-22(20)25-14-19-9-5-4-6-10-19/h4-13,16,18,21,23-24H,14-15H2,1-3H3/t16-,18+,21+,23+,24+/m0/s1. The second kappa shape index (κ2) is 7.28. The zero-order valence-electron chi connectivity index (χ0n) is 15.9. The zero-order valence-corrected chi connectivity index (χ0v) is 15.9. The van der Waals surface area contributed by atoms with Crippen LogP contribution in [0.15, 0.2) is 66.2 Å². The molecule has 2 aliphatic rings. The van der Waals surface area contributed by atoms with E-state index in [1.54, 1.807) is 0 Å². The highest BCUT2D eigenvalue weighted by atomic mass is 16.5. The number of allylic oxidation sites excluding steroid dienone is 1. The minimum absolute atomic E-state index is 0.0805. The molecule has 0 radical (unpaired) electrons. The van der Waals surface area contributed by atoms with Gasteiger partial charge >= 0.3 is 0 Å². The van der Waals surface area contributed by atoms with Crippen LogP contribution in [-0.4, -0.2) is 6.61 Å². The Balaban J connectivity index is 1.61. The lowest BCUT2D eigenvalue weighted by Crippen LogP contribution is -2.42. The van der Waals surface area contributed by atoms with E-state index < -0.39 is 0 Å². The maximum absolute atomic E-state index is 6.41. The number of benzene rings is 2. The van der Waals surface area contributed by atoms with Crippen LogP contribution in [0.5, 0.6) is 5.75 Å². The van der Waals surface area contributed by atoms with Crippen LogP contribution in [0.2, 0.25) is 0 Å². The van der Waals surface area contributed by atoms with E-state index in [9.17, 15) is 0 Å². The summed E-state index contributed by atoms with van der Waals surface area (Å²) in [4.78, 5) is 0. The molecule has 0 unspecified atom stereocenters. The molecule has 0 saturated carbocycles. The maximum atomic E-state index is 6.41. The van der Waals surface area contributed by atoms with E-state index in [0.717, 1.165) is 12.4 Å². The molecule has 1 aliphatic carbocycles. The molecule has 0 spiro atoms. The van der Waals surface area contributed by atoms with Crippen LogP contribution < -0.4 is 4.74 Å². The molecular weight excluding hydrogens is 320 g/mol. The topological polar surface area (TPSA) is 18.5 Å². The van der Waals surface area contributed by atoms with Crippen LogP contribution in [0, 0.1) is 23.7 Å². The first kappa shape index (κ1) is 17.4. The van der Waals surface area contributed by atoms with Crippen molar-refractivity contribution in [2.75, 3.05) is 6.61 Å². The first-order valence-corrected chi connectivity index (χ1v) is 9.70. The van der Waals surface area contributed by atoms with E-state index in [2.05, 4.69) is 57.2 Å². The Morgan fingerprint density at radius 1 is 1.00 bits per heavy atom. The Morgan fingerprint density at radius 3 is 2.54 bits per heavy atom. The predicted molar refractivity (Wildman–Crippen MR) is 105 cm³/mol. The highest BCUT2D eigenvalue weighted by molar-refractivity contribution is 5.38. The first-order chi connectivity index (χ1) is 12.6. The zero-order chi connectivity index (χ0) is 18.1. The van der Waals surface area contributed by atoms with Gasteiger partial charge in [-0.15, -0.1) is 0 Å². The monoisotopic (exact) mass is 348 g/mol. The van der Waals surface area contributed by atoms with Crippen LogP contribution in [-0.2, 0) is 11.3 Å². The van der Waals surface area contributed by atoms with Gasteiger partial charge in [0.25, 0.3) is 0 Å². The summed E-state index contributed by atoms with van der Waals surface area (Å²) in [5.41, 5.74) is 3.83. The van der Waals surface area contributed by atoms with Crippen molar-refractivity contribution in [3.63, 3.8) is 0 Å². The maximum Gasteiger partial charge on any atom is 0.125 e. The molecule has 2 heteroatoms. The average Bonchev–Trinajstić information content (AvgIpc) is 2.65. The number of fused-ring (bicyclic) bond motifs is 2. The summed E-state index contributed by atoms with van der Waals surface area (Å²) >= 11 is 0. The van der Waals surface area contributed by atoms with Gasteiger partial charge in [-0.2, -0.15) is 0 Å². The molecule has 0 N–H and O–H groups in total. The van der Waals surface area contributed by atoms with E-state index in [-0.39, 0.29) is 6.10 Å².